The van der Waals surface area contributed by atoms with Gasteiger partial charge in [0.2, 0.25) is 10.0 Å². The van der Waals surface area contributed by atoms with E-state index in [2.05, 4.69) is 4.72 Å². The highest BCUT2D eigenvalue weighted by Gasteiger charge is 2.17. The summed E-state index contributed by atoms with van der Waals surface area (Å²) in [5.74, 6) is -0.759. The first-order chi connectivity index (χ1) is 6.97. The van der Waals surface area contributed by atoms with E-state index in [4.69, 9.17) is 5.73 Å². The minimum atomic E-state index is -3.78. The van der Waals surface area contributed by atoms with Crippen molar-refractivity contribution in [2.24, 2.45) is 5.73 Å². The predicted octanol–water partition coefficient (Wildman–Crippen LogP) is 0.793. The van der Waals surface area contributed by atoms with E-state index in [0.717, 1.165) is 6.07 Å². The van der Waals surface area contributed by atoms with Crippen molar-refractivity contribution < 1.29 is 12.8 Å². The topological polar surface area (TPSA) is 72.2 Å². The molecule has 1 aromatic rings. The van der Waals surface area contributed by atoms with E-state index in [1.165, 1.54) is 12.1 Å². The monoisotopic (exact) mass is 268 g/mol. The summed E-state index contributed by atoms with van der Waals surface area (Å²) in [6.07, 6.45) is 0. The number of aryl methyl sites for hydroxylation is 1. The summed E-state index contributed by atoms with van der Waals surface area (Å²) in [6, 6.07) is 3.93. The molecular weight excluding hydrogens is 255 g/mol. The van der Waals surface area contributed by atoms with Crippen molar-refractivity contribution in [1.82, 2.24) is 4.72 Å². The van der Waals surface area contributed by atoms with Gasteiger partial charge in [0.15, 0.2) is 0 Å². The Balaban J connectivity index is 0.00000225. The van der Waals surface area contributed by atoms with Crippen molar-refractivity contribution in [2.75, 3.05) is 13.1 Å². The van der Waals surface area contributed by atoms with Gasteiger partial charge in [-0.15, -0.1) is 12.4 Å². The van der Waals surface area contributed by atoms with Gasteiger partial charge in [0, 0.05) is 13.1 Å². The summed E-state index contributed by atoms with van der Waals surface area (Å²) < 4.78 is 38.6. The summed E-state index contributed by atoms with van der Waals surface area (Å²) in [5, 5.41) is 0. The van der Waals surface area contributed by atoms with Crippen LogP contribution >= 0.6 is 12.4 Å². The SMILES string of the molecule is Cc1ccc(F)c(S(=O)(=O)NCCN)c1.Cl. The fourth-order valence-corrected chi connectivity index (χ4v) is 2.30. The van der Waals surface area contributed by atoms with Crippen LogP contribution in [0.5, 0.6) is 0 Å². The van der Waals surface area contributed by atoms with Crippen molar-refractivity contribution >= 4 is 22.4 Å². The molecule has 7 heteroatoms. The molecule has 0 unspecified atom stereocenters. The van der Waals surface area contributed by atoms with E-state index in [1.54, 1.807) is 6.92 Å². The Bertz CT molecular complexity index is 451. The lowest BCUT2D eigenvalue weighted by Crippen LogP contribution is -2.29. The van der Waals surface area contributed by atoms with Gasteiger partial charge in [0.05, 0.1) is 0 Å². The number of nitrogens with two attached hydrogens (primary N) is 1. The fourth-order valence-electron chi connectivity index (χ4n) is 1.09. The molecule has 0 saturated heterocycles. The molecule has 1 rings (SSSR count). The first-order valence-corrected chi connectivity index (χ1v) is 5.91. The van der Waals surface area contributed by atoms with E-state index >= 15 is 0 Å². The van der Waals surface area contributed by atoms with Crippen LogP contribution in [0.4, 0.5) is 4.39 Å². The lowest BCUT2D eigenvalue weighted by Gasteiger charge is -2.07. The van der Waals surface area contributed by atoms with Crippen LogP contribution in [-0.4, -0.2) is 21.5 Å². The Morgan fingerprint density at radius 2 is 2.06 bits per heavy atom. The fraction of sp³-hybridized carbons (Fsp3) is 0.333. The number of rotatable bonds is 4. The second kappa shape index (κ2) is 6.15. The standard InChI is InChI=1S/C9H13FN2O2S.ClH/c1-7-2-3-8(10)9(6-7)15(13,14)12-5-4-11;/h2-3,6,12H,4-5,11H2,1H3;1H. The molecule has 0 fully saturated rings. The van der Waals surface area contributed by atoms with E-state index in [1.807, 2.05) is 0 Å². The molecule has 0 heterocycles. The zero-order chi connectivity index (χ0) is 11.5. The molecule has 0 bridgehead atoms. The summed E-state index contributed by atoms with van der Waals surface area (Å²) in [4.78, 5) is -0.337. The molecule has 1 aromatic carbocycles. The van der Waals surface area contributed by atoms with Gasteiger partial charge in [0.25, 0.3) is 0 Å². The van der Waals surface area contributed by atoms with Gasteiger partial charge in [-0.25, -0.2) is 17.5 Å². The van der Waals surface area contributed by atoms with Gasteiger partial charge in [0.1, 0.15) is 10.7 Å². The third kappa shape index (κ3) is 3.71. The van der Waals surface area contributed by atoms with Crippen LogP contribution in [0.2, 0.25) is 0 Å². The number of benzene rings is 1. The first-order valence-electron chi connectivity index (χ1n) is 4.43. The van der Waals surface area contributed by atoms with Crippen molar-refractivity contribution in [3.05, 3.63) is 29.6 Å². The molecule has 0 aliphatic heterocycles. The summed E-state index contributed by atoms with van der Waals surface area (Å²) >= 11 is 0. The van der Waals surface area contributed by atoms with Crippen LogP contribution in [0.25, 0.3) is 0 Å². The van der Waals surface area contributed by atoms with Crippen molar-refractivity contribution in [2.45, 2.75) is 11.8 Å². The second-order valence-electron chi connectivity index (χ2n) is 3.12. The minimum absolute atomic E-state index is 0. The highest BCUT2D eigenvalue weighted by atomic mass is 35.5. The molecule has 0 saturated carbocycles. The Kier molecular flexibility index (Phi) is 5.88. The maximum atomic E-state index is 13.2. The van der Waals surface area contributed by atoms with Crippen molar-refractivity contribution in [3.8, 4) is 0 Å². The number of hydrogen-bond donors (Lipinski definition) is 2. The van der Waals surface area contributed by atoms with Gasteiger partial charge in [-0.3, -0.25) is 0 Å². The third-order valence-electron chi connectivity index (χ3n) is 1.81. The molecule has 16 heavy (non-hydrogen) atoms. The Hall–Kier alpha value is -0.690. The average Bonchev–Trinajstić information content (AvgIpc) is 2.18. The largest absolute Gasteiger partial charge is 0.329 e. The second-order valence-corrected chi connectivity index (χ2v) is 4.86. The third-order valence-corrected chi connectivity index (χ3v) is 3.29. The predicted molar refractivity (Wildman–Crippen MR) is 62.6 cm³/mol. The highest BCUT2D eigenvalue weighted by Crippen LogP contribution is 2.15. The highest BCUT2D eigenvalue weighted by molar-refractivity contribution is 7.89. The minimum Gasteiger partial charge on any atom is -0.329 e. The smallest absolute Gasteiger partial charge is 0.243 e. The molecule has 0 aliphatic rings. The summed E-state index contributed by atoms with van der Waals surface area (Å²) in [7, 11) is -3.78. The van der Waals surface area contributed by atoms with Crippen molar-refractivity contribution in [3.63, 3.8) is 0 Å². The van der Waals surface area contributed by atoms with E-state index in [9.17, 15) is 12.8 Å². The van der Waals surface area contributed by atoms with E-state index in [0.29, 0.717) is 5.56 Å². The van der Waals surface area contributed by atoms with Gasteiger partial charge >= 0.3 is 0 Å². The molecule has 0 spiro atoms. The zero-order valence-electron chi connectivity index (χ0n) is 8.73. The van der Waals surface area contributed by atoms with Crippen LogP contribution in [0.1, 0.15) is 5.56 Å². The molecule has 0 aromatic heterocycles. The molecule has 4 nitrogen and oxygen atoms in total. The number of nitrogens with one attached hydrogen (secondary N) is 1. The number of hydrogen-bond acceptors (Lipinski definition) is 3. The Labute approximate surface area is 100 Å². The Morgan fingerprint density at radius 1 is 1.44 bits per heavy atom. The van der Waals surface area contributed by atoms with Gasteiger partial charge < -0.3 is 5.73 Å². The van der Waals surface area contributed by atoms with Crippen LogP contribution in [0.3, 0.4) is 0 Å². The van der Waals surface area contributed by atoms with Gasteiger partial charge in [-0.2, -0.15) is 0 Å². The molecule has 0 aliphatic carbocycles. The molecule has 0 atom stereocenters. The lowest BCUT2D eigenvalue weighted by molar-refractivity contribution is 0.557. The van der Waals surface area contributed by atoms with Crippen LogP contribution in [0, 0.1) is 12.7 Å². The van der Waals surface area contributed by atoms with Crippen LogP contribution < -0.4 is 10.5 Å². The molecule has 0 amide bonds. The molecule has 0 radical (unpaired) electrons. The number of sulfonamides is 1. The molecule has 3 N–H and O–H groups in total. The van der Waals surface area contributed by atoms with Gasteiger partial charge in [-0.1, -0.05) is 6.07 Å². The van der Waals surface area contributed by atoms with Crippen LogP contribution in [0.15, 0.2) is 23.1 Å². The normalized spacial score (nSPS) is 10.9. The zero-order valence-corrected chi connectivity index (χ0v) is 10.4. The lowest BCUT2D eigenvalue weighted by atomic mass is 10.2. The summed E-state index contributed by atoms with van der Waals surface area (Å²) in [5.41, 5.74) is 5.85. The number of halogens is 2. The van der Waals surface area contributed by atoms with E-state index in [-0.39, 0.29) is 30.4 Å². The van der Waals surface area contributed by atoms with E-state index < -0.39 is 15.8 Å². The maximum Gasteiger partial charge on any atom is 0.243 e. The maximum absolute atomic E-state index is 13.2. The quantitative estimate of drug-likeness (QED) is 0.848. The van der Waals surface area contributed by atoms with Crippen LogP contribution in [-0.2, 0) is 10.0 Å². The van der Waals surface area contributed by atoms with Gasteiger partial charge in [-0.05, 0) is 24.6 Å². The Morgan fingerprint density at radius 3 is 2.62 bits per heavy atom. The molecule has 92 valence electrons. The van der Waals surface area contributed by atoms with Crippen molar-refractivity contribution in [1.29, 1.82) is 0 Å². The molecular formula is C9H14ClFN2O2S. The average molecular weight is 269 g/mol. The first kappa shape index (κ1) is 15.3. The summed E-state index contributed by atoms with van der Waals surface area (Å²) in [6.45, 7) is 1.96.